The second kappa shape index (κ2) is 6.39. The van der Waals surface area contributed by atoms with E-state index in [0.29, 0.717) is 5.56 Å². The number of hydrogen-bond acceptors (Lipinski definition) is 2. The minimum Gasteiger partial charge on any atom is -0.435 e. The van der Waals surface area contributed by atoms with Crippen LogP contribution >= 0.6 is 11.6 Å². The average Bonchev–Trinajstić information content (AvgIpc) is 2.28. The van der Waals surface area contributed by atoms with Crippen molar-refractivity contribution in [2.45, 2.75) is 19.6 Å². The topological polar surface area (TPSA) is 38.3 Å². The van der Waals surface area contributed by atoms with Crippen molar-refractivity contribution in [3.8, 4) is 5.75 Å². The summed E-state index contributed by atoms with van der Waals surface area (Å²) in [4.78, 5) is 11.1. The largest absolute Gasteiger partial charge is 0.435 e. The second-order valence-corrected chi connectivity index (χ2v) is 3.64. The van der Waals surface area contributed by atoms with Crippen molar-refractivity contribution in [1.29, 1.82) is 0 Å². The Morgan fingerprint density at radius 3 is 2.82 bits per heavy atom. The highest BCUT2D eigenvalue weighted by molar-refractivity contribution is 6.27. The maximum absolute atomic E-state index is 12.0. The summed E-state index contributed by atoms with van der Waals surface area (Å²) in [5.41, 5.74) is 0.668. The van der Waals surface area contributed by atoms with Gasteiger partial charge in [0.05, 0.1) is 6.04 Å². The van der Waals surface area contributed by atoms with Crippen LogP contribution in [0.4, 0.5) is 8.78 Å². The van der Waals surface area contributed by atoms with Crippen LogP contribution in [-0.4, -0.2) is 18.4 Å². The Bertz CT molecular complexity index is 387. The van der Waals surface area contributed by atoms with Crippen LogP contribution in [0.2, 0.25) is 0 Å². The molecule has 0 aromatic heterocycles. The van der Waals surface area contributed by atoms with Crippen molar-refractivity contribution in [3.05, 3.63) is 29.8 Å². The third-order valence-electron chi connectivity index (χ3n) is 2.08. The van der Waals surface area contributed by atoms with Crippen LogP contribution in [-0.2, 0) is 4.79 Å². The van der Waals surface area contributed by atoms with Crippen molar-refractivity contribution < 1.29 is 18.3 Å². The fraction of sp³-hybridized carbons (Fsp3) is 0.364. The summed E-state index contributed by atoms with van der Waals surface area (Å²) in [7, 11) is 0. The lowest BCUT2D eigenvalue weighted by Crippen LogP contribution is -2.27. The molecule has 17 heavy (non-hydrogen) atoms. The molecule has 0 heterocycles. The lowest BCUT2D eigenvalue weighted by atomic mass is 10.1. The lowest BCUT2D eigenvalue weighted by molar-refractivity contribution is -0.119. The number of hydrogen-bond donors (Lipinski definition) is 1. The van der Waals surface area contributed by atoms with Crippen LogP contribution in [0.25, 0.3) is 0 Å². The van der Waals surface area contributed by atoms with Gasteiger partial charge in [0.25, 0.3) is 0 Å². The molecule has 1 atom stereocenters. The number of halogens is 3. The highest BCUT2D eigenvalue weighted by atomic mass is 35.5. The fourth-order valence-corrected chi connectivity index (χ4v) is 1.40. The molecule has 0 aliphatic rings. The molecule has 1 rings (SSSR count). The third kappa shape index (κ3) is 4.56. The molecule has 0 aliphatic heterocycles. The first-order valence-electron chi connectivity index (χ1n) is 4.93. The molecule has 0 bridgehead atoms. The molecule has 0 fully saturated rings. The predicted molar refractivity (Wildman–Crippen MR) is 60.4 cm³/mol. The van der Waals surface area contributed by atoms with E-state index in [9.17, 15) is 13.6 Å². The van der Waals surface area contributed by atoms with Gasteiger partial charge in [0, 0.05) is 0 Å². The van der Waals surface area contributed by atoms with E-state index in [1.807, 2.05) is 0 Å². The van der Waals surface area contributed by atoms with Gasteiger partial charge in [0.1, 0.15) is 11.6 Å². The number of amides is 1. The minimum atomic E-state index is -2.86. The monoisotopic (exact) mass is 263 g/mol. The standard InChI is InChI=1S/C11H12ClF2NO2/c1-7(15-10(16)6-12)8-3-2-4-9(5-8)17-11(13)14/h2-5,7,11H,6H2,1H3,(H,15,16). The van der Waals surface area contributed by atoms with E-state index in [1.165, 1.54) is 12.1 Å². The highest BCUT2D eigenvalue weighted by Gasteiger charge is 2.10. The summed E-state index contributed by atoms with van der Waals surface area (Å²) in [5, 5.41) is 2.61. The summed E-state index contributed by atoms with van der Waals surface area (Å²) < 4.78 is 28.3. The number of alkyl halides is 3. The molecular weight excluding hydrogens is 252 g/mol. The molecule has 0 saturated heterocycles. The molecule has 1 aromatic rings. The third-order valence-corrected chi connectivity index (χ3v) is 2.32. The van der Waals surface area contributed by atoms with E-state index in [-0.39, 0.29) is 23.6 Å². The zero-order chi connectivity index (χ0) is 12.8. The minimum absolute atomic E-state index is 0.0597. The van der Waals surface area contributed by atoms with E-state index >= 15 is 0 Å². The van der Waals surface area contributed by atoms with Gasteiger partial charge in [0.2, 0.25) is 5.91 Å². The Morgan fingerprint density at radius 2 is 2.24 bits per heavy atom. The molecule has 1 N–H and O–H groups in total. The molecule has 0 spiro atoms. The Morgan fingerprint density at radius 1 is 1.53 bits per heavy atom. The first-order chi connectivity index (χ1) is 8.02. The van der Waals surface area contributed by atoms with Gasteiger partial charge in [-0.1, -0.05) is 12.1 Å². The Kier molecular flexibility index (Phi) is 5.15. The maximum Gasteiger partial charge on any atom is 0.387 e. The molecule has 1 unspecified atom stereocenters. The molecule has 0 saturated carbocycles. The van der Waals surface area contributed by atoms with Gasteiger partial charge < -0.3 is 10.1 Å². The van der Waals surface area contributed by atoms with Crippen molar-refractivity contribution >= 4 is 17.5 Å². The van der Waals surface area contributed by atoms with E-state index in [1.54, 1.807) is 19.1 Å². The van der Waals surface area contributed by atoms with E-state index < -0.39 is 6.61 Å². The second-order valence-electron chi connectivity index (χ2n) is 3.37. The Balaban J connectivity index is 2.73. The van der Waals surface area contributed by atoms with Crippen LogP contribution in [0.3, 0.4) is 0 Å². The van der Waals surface area contributed by atoms with Crippen molar-refractivity contribution in [2.75, 3.05) is 5.88 Å². The zero-order valence-corrected chi connectivity index (χ0v) is 9.88. The van der Waals surface area contributed by atoms with Crippen LogP contribution in [0.15, 0.2) is 24.3 Å². The zero-order valence-electron chi connectivity index (χ0n) is 9.12. The van der Waals surface area contributed by atoms with Crippen LogP contribution < -0.4 is 10.1 Å². The predicted octanol–water partition coefficient (Wildman–Crippen LogP) is 2.70. The molecule has 1 aromatic carbocycles. The van der Waals surface area contributed by atoms with Crippen molar-refractivity contribution in [1.82, 2.24) is 5.32 Å². The lowest BCUT2D eigenvalue weighted by Gasteiger charge is -2.14. The van der Waals surface area contributed by atoms with Crippen LogP contribution in [0.5, 0.6) is 5.75 Å². The number of ether oxygens (including phenoxy) is 1. The van der Waals surface area contributed by atoms with E-state index in [2.05, 4.69) is 10.1 Å². The van der Waals surface area contributed by atoms with Crippen molar-refractivity contribution in [3.63, 3.8) is 0 Å². The maximum atomic E-state index is 12.0. The van der Waals surface area contributed by atoms with E-state index in [4.69, 9.17) is 11.6 Å². The molecular formula is C11H12ClF2NO2. The van der Waals surface area contributed by atoms with Gasteiger partial charge >= 0.3 is 6.61 Å². The van der Waals surface area contributed by atoms with Gasteiger partial charge in [-0.2, -0.15) is 8.78 Å². The number of nitrogens with one attached hydrogen (secondary N) is 1. The SMILES string of the molecule is CC(NC(=O)CCl)c1cccc(OC(F)F)c1. The summed E-state index contributed by atoms with van der Waals surface area (Å²) in [5.74, 6) is -0.402. The molecule has 0 aliphatic carbocycles. The molecule has 1 amide bonds. The number of benzene rings is 1. The summed E-state index contributed by atoms with van der Waals surface area (Å²) in [6.07, 6.45) is 0. The molecule has 3 nitrogen and oxygen atoms in total. The van der Waals surface area contributed by atoms with Gasteiger partial charge in [-0.25, -0.2) is 0 Å². The van der Waals surface area contributed by atoms with E-state index in [0.717, 1.165) is 0 Å². The first-order valence-corrected chi connectivity index (χ1v) is 5.46. The normalized spacial score (nSPS) is 12.3. The summed E-state index contributed by atoms with van der Waals surface area (Å²) >= 11 is 5.35. The first kappa shape index (κ1) is 13.7. The summed E-state index contributed by atoms with van der Waals surface area (Å²) in [6.45, 7) is -1.13. The van der Waals surface area contributed by atoms with Gasteiger partial charge in [-0.3, -0.25) is 4.79 Å². The Labute approximate surface area is 103 Å². The number of rotatable bonds is 5. The number of carbonyl (C=O) groups excluding carboxylic acids is 1. The molecule has 0 radical (unpaired) electrons. The molecule has 6 heteroatoms. The smallest absolute Gasteiger partial charge is 0.387 e. The van der Waals surface area contributed by atoms with Gasteiger partial charge in [-0.15, -0.1) is 11.6 Å². The number of carbonyl (C=O) groups is 1. The summed E-state index contributed by atoms with van der Waals surface area (Å²) in [6, 6.07) is 5.84. The quantitative estimate of drug-likeness (QED) is 0.830. The fourth-order valence-electron chi connectivity index (χ4n) is 1.32. The van der Waals surface area contributed by atoms with Gasteiger partial charge in [0.15, 0.2) is 0 Å². The highest BCUT2D eigenvalue weighted by Crippen LogP contribution is 2.20. The van der Waals surface area contributed by atoms with Crippen LogP contribution in [0, 0.1) is 0 Å². The van der Waals surface area contributed by atoms with Gasteiger partial charge in [-0.05, 0) is 24.6 Å². The Hall–Kier alpha value is -1.36. The average molecular weight is 264 g/mol. The van der Waals surface area contributed by atoms with Crippen LogP contribution in [0.1, 0.15) is 18.5 Å². The molecule has 94 valence electrons. The van der Waals surface area contributed by atoms with Crippen molar-refractivity contribution in [2.24, 2.45) is 0 Å².